The summed E-state index contributed by atoms with van der Waals surface area (Å²) in [5.74, 6) is 0. The molecule has 1 aliphatic carbocycles. The van der Waals surface area contributed by atoms with E-state index in [9.17, 15) is 0 Å². The lowest BCUT2D eigenvalue weighted by Gasteiger charge is -2.26. The Balaban J connectivity index is 2.47. The van der Waals surface area contributed by atoms with Gasteiger partial charge in [-0.1, -0.05) is 12.2 Å². The molecule has 0 aliphatic heterocycles. The Morgan fingerprint density at radius 2 is 2.29 bits per heavy atom. The number of nitrogens with one attached hydrogen (secondary N) is 1. The van der Waals surface area contributed by atoms with Crippen molar-refractivity contribution in [3.63, 3.8) is 0 Å². The Labute approximate surface area is 86.1 Å². The molecule has 0 unspecified atom stereocenters. The number of hydrogen-bond acceptors (Lipinski definition) is 3. The zero-order valence-electron chi connectivity index (χ0n) is 8.87. The maximum Gasteiger partial charge on any atom is 0.0606 e. The van der Waals surface area contributed by atoms with Crippen LogP contribution in [0.1, 0.15) is 12.8 Å². The van der Waals surface area contributed by atoms with E-state index in [0.717, 1.165) is 32.5 Å². The van der Waals surface area contributed by atoms with Crippen LogP contribution in [0.25, 0.3) is 0 Å². The number of hydrogen-bond donors (Lipinski definition) is 2. The van der Waals surface area contributed by atoms with Crippen LogP contribution in [0.15, 0.2) is 23.9 Å². The van der Waals surface area contributed by atoms with Crippen molar-refractivity contribution in [3.05, 3.63) is 23.9 Å². The Bertz CT molecular complexity index is 211. The van der Waals surface area contributed by atoms with Crippen LogP contribution in [0.3, 0.4) is 0 Å². The molecule has 0 bridgehead atoms. The predicted octanol–water partition coefficient (Wildman–Crippen LogP) is 0.734. The third-order valence-electron chi connectivity index (χ3n) is 2.34. The Morgan fingerprint density at radius 3 is 2.86 bits per heavy atom. The first-order valence-corrected chi connectivity index (χ1v) is 5.25. The fourth-order valence-electron chi connectivity index (χ4n) is 1.57. The fraction of sp³-hybridized carbons (Fsp3) is 0.636. The highest BCUT2D eigenvalue weighted by molar-refractivity contribution is 5.21. The van der Waals surface area contributed by atoms with E-state index in [1.54, 1.807) is 0 Å². The van der Waals surface area contributed by atoms with Crippen molar-refractivity contribution in [1.82, 2.24) is 10.2 Å². The van der Waals surface area contributed by atoms with Crippen LogP contribution >= 0.6 is 0 Å². The standard InChI is InChI=1S/C11H20N2O/c1-12-7-8-13(9-10-14)11-5-3-2-4-6-11/h3,5-6,12,14H,2,4,7-10H2,1H3. The van der Waals surface area contributed by atoms with Crippen molar-refractivity contribution >= 4 is 0 Å². The molecule has 0 saturated carbocycles. The first-order valence-electron chi connectivity index (χ1n) is 5.25. The van der Waals surface area contributed by atoms with Gasteiger partial charge in [-0.15, -0.1) is 0 Å². The van der Waals surface area contributed by atoms with Crippen LogP contribution in [0.2, 0.25) is 0 Å². The molecule has 14 heavy (non-hydrogen) atoms. The second-order valence-corrected chi connectivity index (χ2v) is 3.42. The van der Waals surface area contributed by atoms with Gasteiger partial charge in [0.2, 0.25) is 0 Å². The maximum atomic E-state index is 8.95. The zero-order valence-corrected chi connectivity index (χ0v) is 8.87. The summed E-state index contributed by atoms with van der Waals surface area (Å²) in [5.41, 5.74) is 1.25. The van der Waals surface area contributed by atoms with Gasteiger partial charge in [0.05, 0.1) is 6.61 Å². The van der Waals surface area contributed by atoms with E-state index in [2.05, 4.69) is 28.4 Å². The number of allylic oxidation sites excluding steroid dienone is 3. The van der Waals surface area contributed by atoms with Gasteiger partial charge in [0.15, 0.2) is 0 Å². The SMILES string of the molecule is CNCCN(CCO)C1=CCCC=C1. The normalized spacial score (nSPS) is 15.4. The molecule has 0 fully saturated rings. The fourth-order valence-corrected chi connectivity index (χ4v) is 1.57. The molecule has 0 heterocycles. The largest absolute Gasteiger partial charge is 0.395 e. The third-order valence-corrected chi connectivity index (χ3v) is 2.34. The van der Waals surface area contributed by atoms with Crippen molar-refractivity contribution in [2.24, 2.45) is 0 Å². The Kier molecular flexibility index (Phi) is 5.33. The molecular weight excluding hydrogens is 176 g/mol. The number of aliphatic hydroxyl groups excluding tert-OH is 1. The zero-order chi connectivity index (χ0) is 10.2. The minimum atomic E-state index is 0.217. The lowest BCUT2D eigenvalue weighted by atomic mass is 10.1. The molecule has 0 aromatic rings. The number of aliphatic hydroxyl groups is 1. The average Bonchev–Trinajstić information content (AvgIpc) is 2.25. The molecule has 0 spiro atoms. The monoisotopic (exact) mass is 196 g/mol. The van der Waals surface area contributed by atoms with E-state index >= 15 is 0 Å². The molecule has 0 amide bonds. The predicted molar refractivity (Wildman–Crippen MR) is 59.0 cm³/mol. The summed E-state index contributed by atoms with van der Waals surface area (Å²) in [6, 6.07) is 0. The van der Waals surface area contributed by atoms with Gasteiger partial charge in [-0.25, -0.2) is 0 Å². The lowest BCUT2D eigenvalue weighted by Crippen LogP contribution is -2.32. The van der Waals surface area contributed by atoms with Gasteiger partial charge in [0.1, 0.15) is 0 Å². The molecule has 2 N–H and O–H groups in total. The highest BCUT2D eigenvalue weighted by atomic mass is 16.3. The molecule has 0 saturated heterocycles. The summed E-state index contributed by atoms with van der Waals surface area (Å²) in [7, 11) is 1.95. The second kappa shape index (κ2) is 6.62. The van der Waals surface area contributed by atoms with Crippen molar-refractivity contribution in [2.45, 2.75) is 12.8 Å². The van der Waals surface area contributed by atoms with E-state index in [4.69, 9.17) is 5.11 Å². The number of rotatable bonds is 6. The Morgan fingerprint density at radius 1 is 1.43 bits per heavy atom. The van der Waals surface area contributed by atoms with Crippen molar-refractivity contribution in [3.8, 4) is 0 Å². The summed E-state index contributed by atoms with van der Waals surface area (Å²) >= 11 is 0. The first-order chi connectivity index (χ1) is 6.88. The third kappa shape index (κ3) is 3.52. The highest BCUT2D eigenvalue weighted by Crippen LogP contribution is 2.13. The molecule has 80 valence electrons. The molecule has 3 nitrogen and oxygen atoms in total. The average molecular weight is 196 g/mol. The van der Waals surface area contributed by atoms with Gasteiger partial charge in [0, 0.05) is 25.3 Å². The topological polar surface area (TPSA) is 35.5 Å². The van der Waals surface area contributed by atoms with E-state index in [-0.39, 0.29) is 6.61 Å². The van der Waals surface area contributed by atoms with Gasteiger partial charge in [0.25, 0.3) is 0 Å². The van der Waals surface area contributed by atoms with Crippen molar-refractivity contribution < 1.29 is 5.11 Å². The van der Waals surface area contributed by atoms with Gasteiger partial charge >= 0.3 is 0 Å². The molecule has 3 heteroatoms. The minimum absolute atomic E-state index is 0.217. The summed E-state index contributed by atoms with van der Waals surface area (Å²) < 4.78 is 0. The maximum absolute atomic E-state index is 8.95. The molecule has 1 rings (SSSR count). The van der Waals surface area contributed by atoms with Crippen LogP contribution in [0.4, 0.5) is 0 Å². The van der Waals surface area contributed by atoms with E-state index < -0.39 is 0 Å². The van der Waals surface area contributed by atoms with E-state index in [1.807, 2.05) is 7.05 Å². The minimum Gasteiger partial charge on any atom is -0.395 e. The summed E-state index contributed by atoms with van der Waals surface area (Å²) in [6.07, 6.45) is 8.84. The molecule has 0 aromatic heterocycles. The van der Waals surface area contributed by atoms with Crippen LogP contribution in [-0.4, -0.2) is 43.3 Å². The van der Waals surface area contributed by atoms with Gasteiger partial charge in [-0.3, -0.25) is 0 Å². The van der Waals surface area contributed by atoms with E-state index in [1.165, 1.54) is 5.70 Å². The number of nitrogens with zero attached hydrogens (tertiary/aromatic N) is 1. The molecule has 0 atom stereocenters. The Hall–Kier alpha value is -0.800. The van der Waals surface area contributed by atoms with Crippen LogP contribution < -0.4 is 5.32 Å². The highest BCUT2D eigenvalue weighted by Gasteiger charge is 2.07. The quantitative estimate of drug-likeness (QED) is 0.657. The summed E-state index contributed by atoms with van der Waals surface area (Å²) in [4.78, 5) is 2.21. The van der Waals surface area contributed by atoms with Crippen molar-refractivity contribution in [1.29, 1.82) is 0 Å². The van der Waals surface area contributed by atoms with Gasteiger partial charge < -0.3 is 15.3 Å². The summed E-state index contributed by atoms with van der Waals surface area (Å²) in [5, 5.41) is 12.1. The summed E-state index contributed by atoms with van der Waals surface area (Å²) in [6.45, 7) is 2.84. The van der Waals surface area contributed by atoms with Crippen LogP contribution in [0.5, 0.6) is 0 Å². The van der Waals surface area contributed by atoms with Gasteiger partial charge in [-0.2, -0.15) is 0 Å². The van der Waals surface area contributed by atoms with E-state index in [0.29, 0.717) is 0 Å². The second-order valence-electron chi connectivity index (χ2n) is 3.42. The molecular formula is C11H20N2O. The molecule has 0 radical (unpaired) electrons. The number of likely N-dealkylation sites (N-methyl/N-ethyl adjacent to an activating group) is 1. The first kappa shape index (κ1) is 11.3. The lowest BCUT2D eigenvalue weighted by molar-refractivity contribution is 0.229. The van der Waals surface area contributed by atoms with Crippen LogP contribution in [-0.2, 0) is 0 Å². The van der Waals surface area contributed by atoms with Crippen molar-refractivity contribution in [2.75, 3.05) is 33.3 Å². The molecule has 0 aromatic carbocycles. The van der Waals surface area contributed by atoms with Crippen LogP contribution in [0, 0.1) is 0 Å². The van der Waals surface area contributed by atoms with Gasteiger partial charge in [-0.05, 0) is 26.0 Å². The smallest absolute Gasteiger partial charge is 0.0606 e. The molecule has 1 aliphatic rings.